The highest BCUT2D eigenvalue weighted by atomic mass is 16.2. The van der Waals surface area contributed by atoms with E-state index in [4.69, 9.17) is 0 Å². The quantitative estimate of drug-likeness (QED) is 0.631. The number of hydrogen-bond donors (Lipinski definition) is 1. The molecule has 80 valence electrons. The van der Waals surface area contributed by atoms with Crippen molar-refractivity contribution >= 4 is 5.91 Å². The Morgan fingerprint density at radius 2 is 2.07 bits per heavy atom. The highest BCUT2D eigenvalue weighted by Gasteiger charge is 2.55. The van der Waals surface area contributed by atoms with E-state index in [9.17, 15) is 4.79 Å². The lowest BCUT2D eigenvalue weighted by atomic mass is 9.61. The van der Waals surface area contributed by atoms with Crippen LogP contribution in [-0.4, -0.2) is 30.1 Å². The Kier molecular flexibility index (Phi) is 1.94. The lowest BCUT2D eigenvalue weighted by molar-refractivity contribution is -0.156. The van der Waals surface area contributed by atoms with Crippen LogP contribution in [0.3, 0.4) is 0 Å². The molecule has 0 spiro atoms. The molecule has 1 amide bonds. The minimum atomic E-state index is -0.161. The number of piperidine rings is 2. The Labute approximate surface area is 85.8 Å². The van der Waals surface area contributed by atoms with E-state index in [1.807, 2.05) is 0 Å². The highest BCUT2D eigenvalue weighted by Crippen LogP contribution is 2.49. The molecule has 0 aliphatic carbocycles. The number of nitrogens with zero attached hydrogens (tertiary/aromatic N) is 1. The predicted molar refractivity (Wildman–Crippen MR) is 55.7 cm³/mol. The number of nitrogens with one attached hydrogen (secondary N) is 1. The van der Waals surface area contributed by atoms with Crippen molar-refractivity contribution in [2.75, 3.05) is 13.6 Å². The predicted octanol–water partition coefficient (Wildman–Crippen LogP) is 1.20. The average molecular weight is 196 g/mol. The maximum Gasteiger partial charge on any atom is 0.221 e. The normalized spacial score (nSPS) is 42.0. The molecule has 2 fully saturated rings. The number of hydrogen-bond acceptors (Lipinski definition) is 2. The van der Waals surface area contributed by atoms with Crippen LogP contribution in [0.15, 0.2) is 0 Å². The van der Waals surface area contributed by atoms with Crippen LogP contribution in [0.5, 0.6) is 0 Å². The number of fused-ring (bicyclic) bond motifs is 2. The third kappa shape index (κ3) is 1.05. The van der Waals surface area contributed by atoms with Crippen LogP contribution >= 0.6 is 0 Å². The van der Waals surface area contributed by atoms with Gasteiger partial charge in [0.2, 0.25) is 5.91 Å². The zero-order chi connectivity index (χ0) is 10.6. The molecule has 14 heavy (non-hydrogen) atoms. The summed E-state index contributed by atoms with van der Waals surface area (Å²) in [6.45, 7) is 7.78. The summed E-state index contributed by atoms with van der Waals surface area (Å²) in [6, 6.07) is 0. The van der Waals surface area contributed by atoms with E-state index in [1.54, 1.807) is 0 Å². The van der Waals surface area contributed by atoms with E-state index < -0.39 is 0 Å². The summed E-state index contributed by atoms with van der Waals surface area (Å²) in [6.07, 6.45) is 1.85. The van der Waals surface area contributed by atoms with Crippen molar-refractivity contribution < 1.29 is 4.79 Å². The fourth-order valence-corrected chi connectivity index (χ4v) is 2.98. The molecule has 2 heterocycles. The van der Waals surface area contributed by atoms with E-state index in [0.717, 1.165) is 13.0 Å². The monoisotopic (exact) mass is 196 g/mol. The largest absolute Gasteiger partial charge is 0.338 e. The van der Waals surface area contributed by atoms with Crippen molar-refractivity contribution in [2.45, 2.75) is 39.3 Å². The van der Waals surface area contributed by atoms with Gasteiger partial charge in [-0.2, -0.15) is 0 Å². The lowest BCUT2D eigenvalue weighted by Crippen LogP contribution is -2.73. The van der Waals surface area contributed by atoms with Gasteiger partial charge in [0.25, 0.3) is 0 Å². The molecule has 0 unspecified atom stereocenters. The van der Waals surface area contributed by atoms with Gasteiger partial charge in [-0.05, 0) is 26.3 Å². The van der Waals surface area contributed by atoms with Gasteiger partial charge in [0.05, 0.1) is 5.66 Å². The summed E-state index contributed by atoms with van der Waals surface area (Å²) in [5.74, 6) is 0.751. The van der Waals surface area contributed by atoms with Gasteiger partial charge in [0, 0.05) is 18.4 Å². The zero-order valence-electron chi connectivity index (χ0n) is 9.55. The van der Waals surface area contributed by atoms with Crippen LogP contribution in [0, 0.1) is 11.3 Å². The smallest absolute Gasteiger partial charge is 0.221 e. The van der Waals surface area contributed by atoms with Crippen molar-refractivity contribution in [3.63, 3.8) is 0 Å². The second-order valence-electron chi connectivity index (χ2n) is 5.45. The molecule has 0 radical (unpaired) electrons. The molecule has 0 aromatic heterocycles. The van der Waals surface area contributed by atoms with E-state index in [0.29, 0.717) is 12.3 Å². The fourth-order valence-electron chi connectivity index (χ4n) is 2.98. The van der Waals surface area contributed by atoms with Gasteiger partial charge >= 0.3 is 0 Å². The van der Waals surface area contributed by atoms with E-state index >= 15 is 0 Å². The first kappa shape index (κ1) is 9.97. The molecule has 2 aliphatic heterocycles. The SMILES string of the molecule is CN1CC[C@@H]2CC(=O)N[C@]1(C)C2(C)C. The maximum absolute atomic E-state index is 11.6. The highest BCUT2D eigenvalue weighted by molar-refractivity contribution is 5.78. The first-order valence-corrected chi connectivity index (χ1v) is 5.40. The van der Waals surface area contributed by atoms with Crippen LogP contribution in [0.4, 0.5) is 0 Å². The molecular weight excluding hydrogens is 176 g/mol. The standard InChI is InChI=1S/C11H20N2O/c1-10(2)8-5-6-13(4)11(10,3)12-9(14)7-8/h8H,5-7H2,1-4H3,(H,12,14)/t8-,11+/m1/s1. The minimum Gasteiger partial charge on any atom is -0.338 e. The molecule has 3 nitrogen and oxygen atoms in total. The molecule has 2 saturated heterocycles. The van der Waals surface area contributed by atoms with E-state index in [-0.39, 0.29) is 17.0 Å². The Balaban J connectivity index is 2.41. The molecule has 2 aliphatic rings. The number of carbonyl (C=O) groups excluding carboxylic acids is 1. The molecule has 2 rings (SSSR count). The van der Waals surface area contributed by atoms with Crippen LogP contribution in [0.2, 0.25) is 0 Å². The van der Waals surface area contributed by atoms with Gasteiger partial charge in [-0.15, -0.1) is 0 Å². The zero-order valence-corrected chi connectivity index (χ0v) is 9.55. The number of likely N-dealkylation sites (tertiary alicyclic amines) is 1. The fraction of sp³-hybridized carbons (Fsp3) is 0.909. The molecular formula is C11H20N2O. The summed E-state index contributed by atoms with van der Waals surface area (Å²) in [5, 5.41) is 3.15. The van der Waals surface area contributed by atoms with Crippen molar-refractivity contribution in [2.24, 2.45) is 11.3 Å². The Hall–Kier alpha value is -0.570. The Morgan fingerprint density at radius 3 is 2.71 bits per heavy atom. The lowest BCUT2D eigenvalue weighted by Gasteiger charge is -2.60. The van der Waals surface area contributed by atoms with Crippen LogP contribution < -0.4 is 5.32 Å². The molecule has 0 aromatic rings. The third-order valence-electron chi connectivity index (χ3n) is 4.67. The second-order valence-corrected chi connectivity index (χ2v) is 5.45. The molecule has 0 saturated carbocycles. The summed E-state index contributed by atoms with van der Waals surface area (Å²) in [5.41, 5.74) is 0.0131. The third-order valence-corrected chi connectivity index (χ3v) is 4.67. The van der Waals surface area contributed by atoms with Gasteiger partial charge in [-0.1, -0.05) is 13.8 Å². The van der Waals surface area contributed by atoms with Crippen LogP contribution in [0.1, 0.15) is 33.6 Å². The topological polar surface area (TPSA) is 32.3 Å². The van der Waals surface area contributed by atoms with Gasteiger partial charge in [-0.3, -0.25) is 9.69 Å². The second kappa shape index (κ2) is 2.72. The van der Waals surface area contributed by atoms with Gasteiger partial charge in [0.15, 0.2) is 0 Å². The first-order valence-electron chi connectivity index (χ1n) is 5.40. The number of carbonyl (C=O) groups is 1. The van der Waals surface area contributed by atoms with Crippen molar-refractivity contribution in [3.05, 3.63) is 0 Å². The number of amides is 1. The van der Waals surface area contributed by atoms with E-state index in [1.165, 1.54) is 0 Å². The van der Waals surface area contributed by atoms with Crippen molar-refractivity contribution in [3.8, 4) is 0 Å². The number of rotatable bonds is 0. The van der Waals surface area contributed by atoms with Gasteiger partial charge in [-0.25, -0.2) is 0 Å². The molecule has 3 heteroatoms. The summed E-state index contributed by atoms with van der Waals surface area (Å²) >= 11 is 0. The van der Waals surface area contributed by atoms with Crippen molar-refractivity contribution in [1.29, 1.82) is 0 Å². The summed E-state index contributed by atoms with van der Waals surface area (Å²) in [7, 11) is 2.10. The van der Waals surface area contributed by atoms with Crippen molar-refractivity contribution in [1.82, 2.24) is 10.2 Å². The maximum atomic E-state index is 11.6. The summed E-state index contributed by atoms with van der Waals surface area (Å²) < 4.78 is 0. The van der Waals surface area contributed by atoms with Gasteiger partial charge < -0.3 is 5.32 Å². The first-order chi connectivity index (χ1) is 6.38. The summed E-state index contributed by atoms with van der Waals surface area (Å²) in [4.78, 5) is 13.9. The van der Waals surface area contributed by atoms with Crippen LogP contribution in [0.25, 0.3) is 0 Å². The Morgan fingerprint density at radius 1 is 1.43 bits per heavy atom. The molecule has 0 aromatic carbocycles. The Bertz CT molecular complexity index is 274. The molecule has 1 N–H and O–H groups in total. The van der Waals surface area contributed by atoms with Gasteiger partial charge in [0.1, 0.15) is 0 Å². The van der Waals surface area contributed by atoms with E-state index in [2.05, 4.69) is 38.0 Å². The average Bonchev–Trinajstić information content (AvgIpc) is 2.06. The minimum absolute atomic E-state index is 0.161. The van der Waals surface area contributed by atoms with Crippen LogP contribution in [-0.2, 0) is 4.79 Å². The molecule has 2 bridgehead atoms. The molecule has 2 atom stereocenters.